The molecule has 2 amide bonds. The van der Waals surface area contributed by atoms with Crippen LogP contribution >= 0.6 is 34.8 Å². The zero-order chi connectivity index (χ0) is 27.8. The highest BCUT2D eigenvalue weighted by molar-refractivity contribution is 6.35. The fourth-order valence-electron chi connectivity index (χ4n) is 4.05. The first kappa shape index (κ1) is 29.8. The van der Waals surface area contributed by atoms with Crippen LogP contribution < -0.4 is 10.1 Å². The Kier molecular flexibility index (Phi) is 10.9. The topological polar surface area (TPSA) is 58.6 Å². The quantitative estimate of drug-likeness (QED) is 0.263. The van der Waals surface area contributed by atoms with Crippen molar-refractivity contribution in [2.24, 2.45) is 0 Å². The van der Waals surface area contributed by atoms with E-state index in [9.17, 15) is 9.59 Å². The van der Waals surface area contributed by atoms with Crippen molar-refractivity contribution in [1.82, 2.24) is 10.2 Å². The molecule has 0 heterocycles. The number of ether oxygens (including phenoxy) is 1. The number of hydrogen-bond donors (Lipinski definition) is 1. The monoisotopic (exact) mass is 574 g/mol. The Bertz CT molecular complexity index is 1240. The van der Waals surface area contributed by atoms with E-state index in [0.29, 0.717) is 32.8 Å². The Hall–Kier alpha value is -2.73. The van der Waals surface area contributed by atoms with E-state index < -0.39 is 6.04 Å². The van der Waals surface area contributed by atoms with Gasteiger partial charge in [0, 0.05) is 34.1 Å². The first-order chi connectivity index (χ1) is 18.1. The fraction of sp³-hybridized carbons (Fsp3) is 0.333. The highest BCUT2D eigenvalue weighted by atomic mass is 35.5. The van der Waals surface area contributed by atoms with Gasteiger partial charge < -0.3 is 15.0 Å². The number of aryl methyl sites for hydroxylation is 2. The van der Waals surface area contributed by atoms with E-state index in [1.807, 2.05) is 58.0 Å². The molecule has 38 heavy (non-hydrogen) atoms. The minimum atomic E-state index is -0.789. The SMILES string of the molecule is CCC(C)NC(=O)C(Cc1ccccc1)N(Cc1ccc(Cl)cc1Cl)C(=O)COc1cc(C)c(Cl)c(C)c1. The van der Waals surface area contributed by atoms with Crippen LogP contribution in [0.1, 0.15) is 42.5 Å². The molecule has 2 unspecified atom stereocenters. The maximum absolute atomic E-state index is 13.8. The van der Waals surface area contributed by atoms with Crippen molar-refractivity contribution in [3.05, 3.63) is 98.0 Å². The molecule has 202 valence electrons. The lowest BCUT2D eigenvalue weighted by molar-refractivity contribution is -0.143. The molecule has 0 aliphatic heterocycles. The summed E-state index contributed by atoms with van der Waals surface area (Å²) in [4.78, 5) is 28.9. The summed E-state index contributed by atoms with van der Waals surface area (Å²) in [5.41, 5.74) is 3.32. The third kappa shape index (κ3) is 8.13. The van der Waals surface area contributed by atoms with E-state index in [4.69, 9.17) is 39.5 Å². The lowest BCUT2D eigenvalue weighted by Crippen LogP contribution is -2.53. The van der Waals surface area contributed by atoms with Crippen LogP contribution in [0.15, 0.2) is 60.7 Å². The second kappa shape index (κ2) is 13.9. The van der Waals surface area contributed by atoms with Crippen LogP contribution in [0, 0.1) is 13.8 Å². The van der Waals surface area contributed by atoms with Gasteiger partial charge in [-0.25, -0.2) is 0 Å². The lowest BCUT2D eigenvalue weighted by Gasteiger charge is -2.32. The van der Waals surface area contributed by atoms with Gasteiger partial charge in [0.25, 0.3) is 5.91 Å². The van der Waals surface area contributed by atoms with E-state index in [2.05, 4.69) is 5.32 Å². The van der Waals surface area contributed by atoms with Gasteiger partial charge in [0.15, 0.2) is 6.61 Å². The van der Waals surface area contributed by atoms with Gasteiger partial charge in [-0.2, -0.15) is 0 Å². The van der Waals surface area contributed by atoms with Gasteiger partial charge in [0.1, 0.15) is 11.8 Å². The van der Waals surface area contributed by atoms with Crippen molar-refractivity contribution >= 4 is 46.6 Å². The molecule has 2 atom stereocenters. The summed E-state index contributed by atoms with van der Waals surface area (Å²) in [7, 11) is 0. The Morgan fingerprint density at radius 1 is 0.974 bits per heavy atom. The third-order valence-electron chi connectivity index (χ3n) is 6.40. The van der Waals surface area contributed by atoms with E-state index in [1.54, 1.807) is 30.3 Å². The molecule has 0 spiro atoms. The van der Waals surface area contributed by atoms with E-state index in [-0.39, 0.29) is 31.0 Å². The molecule has 5 nitrogen and oxygen atoms in total. The molecule has 0 saturated carbocycles. The molecule has 0 bridgehead atoms. The van der Waals surface area contributed by atoms with Crippen molar-refractivity contribution in [2.75, 3.05) is 6.61 Å². The van der Waals surface area contributed by atoms with Gasteiger partial charge in [-0.05, 0) is 73.7 Å². The smallest absolute Gasteiger partial charge is 0.261 e. The van der Waals surface area contributed by atoms with Gasteiger partial charge in [-0.1, -0.05) is 78.1 Å². The minimum absolute atomic E-state index is 0.0480. The molecule has 3 rings (SSSR count). The summed E-state index contributed by atoms with van der Waals surface area (Å²) >= 11 is 18.9. The minimum Gasteiger partial charge on any atom is -0.484 e. The summed E-state index contributed by atoms with van der Waals surface area (Å²) in [6, 6.07) is 17.5. The summed E-state index contributed by atoms with van der Waals surface area (Å²) < 4.78 is 5.90. The average Bonchev–Trinajstić information content (AvgIpc) is 2.89. The van der Waals surface area contributed by atoms with Gasteiger partial charge in [0.2, 0.25) is 5.91 Å². The Labute approximate surface area is 240 Å². The molecule has 0 fully saturated rings. The molecular formula is C30H33Cl3N2O3. The average molecular weight is 576 g/mol. The molecule has 0 radical (unpaired) electrons. The van der Waals surface area contributed by atoms with Crippen molar-refractivity contribution < 1.29 is 14.3 Å². The third-order valence-corrected chi connectivity index (χ3v) is 7.58. The second-order valence-corrected chi connectivity index (χ2v) is 10.7. The molecule has 0 aliphatic carbocycles. The van der Waals surface area contributed by atoms with Crippen LogP contribution in [-0.2, 0) is 22.6 Å². The van der Waals surface area contributed by atoms with Crippen molar-refractivity contribution in [3.63, 3.8) is 0 Å². The standard InChI is InChI=1S/C30H33Cl3N2O3/c1-5-21(4)34-30(37)27(15-22-9-7-6-8-10-22)35(17-23-11-12-24(31)16-26(23)32)28(36)18-38-25-13-19(2)29(33)20(3)14-25/h6-14,16,21,27H,5,15,17-18H2,1-4H3,(H,34,37). The molecule has 8 heteroatoms. The number of rotatable bonds is 11. The van der Waals surface area contributed by atoms with E-state index in [1.165, 1.54) is 4.90 Å². The lowest BCUT2D eigenvalue weighted by atomic mass is 10.0. The number of nitrogens with zero attached hydrogens (tertiary/aromatic N) is 1. The molecular weight excluding hydrogens is 543 g/mol. The molecule has 1 N–H and O–H groups in total. The Morgan fingerprint density at radius 3 is 2.24 bits per heavy atom. The Balaban J connectivity index is 1.96. The normalized spacial score (nSPS) is 12.5. The number of carbonyl (C=O) groups excluding carboxylic acids is 2. The van der Waals surface area contributed by atoms with Crippen molar-refractivity contribution in [3.8, 4) is 5.75 Å². The summed E-state index contributed by atoms with van der Waals surface area (Å²) in [6.45, 7) is 7.56. The fourth-order valence-corrected chi connectivity index (χ4v) is 4.62. The van der Waals surface area contributed by atoms with Crippen LogP contribution in [0.4, 0.5) is 0 Å². The van der Waals surface area contributed by atoms with Gasteiger partial charge in [-0.3, -0.25) is 9.59 Å². The number of benzene rings is 3. The van der Waals surface area contributed by atoms with Crippen LogP contribution in [0.2, 0.25) is 15.1 Å². The maximum Gasteiger partial charge on any atom is 0.261 e. The highest BCUT2D eigenvalue weighted by Gasteiger charge is 2.31. The van der Waals surface area contributed by atoms with Gasteiger partial charge in [0.05, 0.1) is 0 Å². The van der Waals surface area contributed by atoms with Crippen LogP contribution in [0.5, 0.6) is 5.75 Å². The molecule has 0 aliphatic rings. The largest absolute Gasteiger partial charge is 0.484 e. The number of halogens is 3. The zero-order valence-electron chi connectivity index (χ0n) is 22.1. The van der Waals surface area contributed by atoms with Crippen LogP contribution in [0.3, 0.4) is 0 Å². The number of hydrogen-bond acceptors (Lipinski definition) is 3. The van der Waals surface area contributed by atoms with E-state index >= 15 is 0 Å². The van der Waals surface area contributed by atoms with Crippen LogP contribution in [-0.4, -0.2) is 35.4 Å². The van der Waals surface area contributed by atoms with E-state index in [0.717, 1.165) is 23.1 Å². The first-order valence-corrected chi connectivity index (χ1v) is 13.7. The summed E-state index contributed by atoms with van der Waals surface area (Å²) in [6.07, 6.45) is 1.10. The van der Waals surface area contributed by atoms with Crippen molar-refractivity contribution in [2.45, 2.75) is 59.2 Å². The first-order valence-electron chi connectivity index (χ1n) is 12.6. The Morgan fingerprint density at radius 2 is 1.63 bits per heavy atom. The number of carbonyl (C=O) groups is 2. The molecule has 0 aromatic heterocycles. The van der Waals surface area contributed by atoms with Crippen LogP contribution in [0.25, 0.3) is 0 Å². The molecule has 3 aromatic rings. The zero-order valence-corrected chi connectivity index (χ0v) is 24.3. The predicted octanol–water partition coefficient (Wildman–Crippen LogP) is 7.20. The maximum atomic E-state index is 13.8. The predicted molar refractivity (Wildman–Crippen MR) is 155 cm³/mol. The van der Waals surface area contributed by atoms with Crippen molar-refractivity contribution in [1.29, 1.82) is 0 Å². The van der Waals surface area contributed by atoms with Gasteiger partial charge in [-0.15, -0.1) is 0 Å². The summed E-state index contributed by atoms with van der Waals surface area (Å²) in [5.74, 6) is -0.0489. The van der Waals surface area contributed by atoms with Gasteiger partial charge >= 0.3 is 0 Å². The number of nitrogens with one attached hydrogen (secondary N) is 1. The molecule has 0 saturated heterocycles. The second-order valence-electron chi connectivity index (χ2n) is 9.44. The molecule has 3 aromatic carbocycles. The highest BCUT2D eigenvalue weighted by Crippen LogP contribution is 2.27. The number of amides is 2. The summed E-state index contributed by atoms with van der Waals surface area (Å²) in [5, 5.41) is 4.61.